The summed E-state index contributed by atoms with van der Waals surface area (Å²) >= 11 is 6.26. The Bertz CT molecular complexity index is 1450. The summed E-state index contributed by atoms with van der Waals surface area (Å²) in [6, 6.07) is 20.9. The zero-order valence-corrected chi connectivity index (χ0v) is 22.1. The summed E-state index contributed by atoms with van der Waals surface area (Å²) < 4.78 is 1.53. The molecular formula is C26H22ClN3NaO4+. The largest absolute Gasteiger partial charge is 1.00 e. The number of anilines is 1. The number of hydrogen-bond acceptors (Lipinski definition) is 3. The summed E-state index contributed by atoms with van der Waals surface area (Å²) in [5, 5.41) is 16.2. The Balaban J connectivity index is 0.00000342. The molecule has 0 aliphatic carbocycles. The predicted octanol–water partition coefficient (Wildman–Crippen LogP) is 1.81. The average Bonchev–Trinajstić information content (AvgIpc) is 2.80. The maximum atomic E-state index is 13.0. The van der Waals surface area contributed by atoms with E-state index in [-0.39, 0.29) is 48.1 Å². The first-order chi connectivity index (χ1) is 16.3. The molecule has 1 heterocycles. The predicted molar refractivity (Wildman–Crippen MR) is 133 cm³/mol. The number of pyridine rings is 1. The molecule has 9 heteroatoms. The zero-order valence-electron chi connectivity index (χ0n) is 19.3. The van der Waals surface area contributed by atoms with Gasteiger partial charge < -0.3 is 20.3 Å². The van der Waals surface area contributed by atoms with E-state index in [4.69, 9.17) is 16.7 Å². The molecule has 0 aliphatic heterocycles. The van der Waals surface area contributed by atoms with E-state index in [2.05, 4.69) is 10.6 Å². The Morgan fingerprint density at radius 2 is 1.71 bits per heavy atom. The third-order valence-corrected chi connectivity index (χ3v) is 5.73. The summed E-state index contributed by atoms with van der Waals surface area (Å²) in [4.78, 5) is 36.6. The fourth-order valence-corrected chi connectivity index (χ4v) is 4.12. The topological polar surface area (TPSA) is 100 Å². The van der Waals surface area contributed by atoms with Gasteiger partial charge in [0.05, 0.1) is 13.0 Å². The maximum Gasteiger partial charge on any atom is 1.00 e. The SMILES string of the molecule is Cn1c(CNC(=O)Nc2cccc(CC(=O)O)c2)c(-c2ccccc2)c2cc(Cl)ccc2c1=O.[Na+]. The second kappa shape index (κ2) is 11.6. The number of amides is 2. The van der Waals surface area contributed by atoms with Crippen LogP contribution in [0.2, 0.25) is 5.02 Å². The van der Waals surface area contributed by atoms with Crippen molar-refractivity contribution in [3.05, 3.63) is 99.4 Å². The number of benzene rings is 3. The summed E-state index contributed by atoms with van der Waals surface area (Å²) in [7, 11) is 1.67. The van der Waals surface area contributed by atoms with Gasteiger partial charge in [-0.2, -0.15) is 0 Å². The van der Waals surface area contributed by atoms with Crippen molar-refractivity contribution < 1.29 is 44.3 Å². The third-order valence-electron chi connectivity index (χ3n) is 5.50. The number of carbonyl (C=O) groups is 2. The minimum atomic E-state index is -0.952. The van der Waals surface area contributed by atoms with Crippen molar-refractivity contribution in [3.63, 3.8) is 0 Å². The van der Waals surface area contributed by atoms with Crippen molar-refractivity contribution in [3.8, 4) is 11.1 Å². The van der Waals surface area contributed by atoms with Crippen LogP contribution in [0.1, 0.15) is 11.3 Å². The number of carboxylic acid groups (broad SMARTS) is 1. The number of carbonyl (C=O) groups excluding carboxylic acids is 1. The number of nitrogens with one attached hydrogen (secondary N) is 2. The van der Waals surface area contributed by atoms with E-state index in [0.29, 0.717) is 32.7 Å². The van der Waals surface area contributed by atoms with Crippen molar-refractivity contribution in [1.82, 2.24) is 9.88 Å². The van der Waals surface area contributed by atoms with Gasteiger partial charge in [0.2, 0.25) is 0 Å². The van der Waals surface area contributed by atoms with E-state index >= 15 is 0 Å². The molecular weight excluding hydrogens is 477 g/mol. The molecule has 0 spiro atoms. The van der Waals surface area contributed by atoms with Crippen molar-refractivity contribution in [2.24, 2.45) is 7.05 Å². The summed E-state index contributed by atoms with van der Waals surface area (Å²) in [5.41, 5.74) is 3.18. The van der Waals surface area contributed by atoms with Crippen molar-refractivity contribution in [2.75, 3.05) is 5.32 Å². The van der Waals surface area contributed by atoms with Gasteiger partial charge in [0, 0.05) is 34.4 Å². The number of halogens is 1. The number of hydrogen-bond donors (Lipinski definition) is 3. The average molecular weight is 499 g/mol. The minimum absolute atomic E-state index is 0. The smallest absolute Gasteiger partial charge is 0.481 e. The van der Waals surface area contributed by atoms with E-state index in [9.17, 15) is 14.4 Å². The number of nitrogens with zero attached hydrogens (tertiary/aromatic N) is 1. The standard InChI is InChI=1S/C26H22ClN3O4.Na/c1-30-22(15-28-26(34)29-19-9-5-6-16(12-19)13-23(31)32)24(17-7-3-2-4-8-17)21-14-18(27)10-11-20(21)25(30)33;/h2-12,14H,13,15H2,1H3,(H,31,32)(H2,28,29,34);/q;+1. The Morgan fingerprint density at radius 3 is 2.43 bits per heavy atom. The fourth-order valence-electron chi connectivity index (χ4n) is 3.94. The molecule has 3 N–H and O–H groups in total. The van der Waals surface area contributed by atoms with Gasteiger partial charge in [-0.15, -0.1) is 0 Å². The van der Waals surface area contributed by atoms with Gasteiger partial charge in [0.15, 0.2) is 0 Å². The molecule has 1 aromatic heterocycles. The minimum Gasteiger partial charge on any atom is -0.481 e. The van der Waals surface area contributed by atoms with E-state index in [1.165, 1.54) is 4.57 Å². The van der Waals surface area contributed by atoms with Gasteiger partial charge in [0.1, 0.15) is 0 Å². The summed E-state index contributed by atoms with van der Waals surface area (Å²) in [6.07, 6.45) is -0.140. The first kappa shape index (κ1) is 26.5. The Morgan fingerprint density at radius 1 is 0.971 bits per heavy atom. The van der Waals surface area contributed by atoms with Crippen LogP contribution in [0, 0.1) is 0 Å². The number of urea groups is 1. The second-order valence-corrected chi connectivity index (χ2v) is 8.26. The molecule has 0 atom stereocenters. The molecule has 0 radical (unpaired) electrons. The van der Waals surface area contributed by atoms with E-state index in [0.717, 1.165) is 11.1 Å². The number of aromatic nitrogens is 1. The van der Waals surface area contributed by atoms with Crippen molar-refractivity contribution in [1.29, 1.82) is 0 Å². The van der Waals surface area contributed by atoms with Crippen LogP contribution in [0.5, 0.6) is 0 Å². The quantitative estimate of drug-likeness (QED) is 0.353. The summed E-state index contributed by atoms with van der Waals surface area (Å²) in [5.74, 6) is -0.952. The van der Waals surface area contributed by atoms with E-state index < -0.39 is 12.0 Å². The van der Waals surface area contributed by atoms with Gasteiger partial charge in [-0.3, -0.25) is 9.59 Å². The van der Waals surface area contributed by atoms with Crippen LogP contribution in [0.15, 0.2) is 77.6 Å². The molecule has 0 saturated carbocycles. The molecule has 3 aromatic carbocycles. The third kappa shape index (κ3) is 6.13. The van der Waals surface area contributed by atoms with Crippen molar-refractivity contribution in [2.45, 2.75) is 13.0 Å². The summed E-state index contributed by atoms with van der Waals surface area (Å²) in [6.45, 7) is 0.0824. The number of aliphatic carboxylic acids is 1. The van der Waals surface area contributed by atoms with Crippen LogP contribution in [0.4, 0.5) is 10.5 Å². The normalized spacial score (nSPS) is 10.5. The second-order valence-electron chi connectivity index (χ2n) is 7.82. The molecule has 0 aliphatic rings. The van der Waals surface area contributed by atoms with Crippen LogP contribution in [0.25, 0.3) is 21.9 Å². The van der Waals surface area contributed by atoms with Gasteiger partial charge >= 0.3 is 41.6 Å². The van der Waals surface area contributed by atoms with Gasteiger partial charge in [0.25, 0.3) is 5.56 Å². The first-order valence-electron chi connectivity index (χ1n) is 10.6. The maximum absolute atomic E-state index is 13.0. The van der Waals surface area contributed by atoms with Gasteiger partial charge in [-0.05, 0) is 46.8 Å². The van der Waals surface area contributed by atoms with E-state index in [1.807, 2.05) is 30.3 Å². The molecule has 0 bridgehead atoms. The monoisotopic (exact) mass is 498 g/mol. The Kier molecular flexibility index (Phi) is 8.75. The molecule has 35 heavy (non-hydrogen) atoms. The van der Waals surface area contributed by atoms with Crippen LogP contribution in [-0.4, -0.2) is 21.7 Å². The number of fused-ring (bicyclic) bond motifs is 1. The molecule has 7 nitrogen and oxygen atoms in total. The van der Waals surface area contributed by atoms with Gasteiger partial charge in [-0.1, -0.05) is 54.1 Å². The molecule has 0 fully saturated rings. The molecule has 2 amide bonds. The Labute approximate surface area is 229 Å². The number of rotatable bonds is 6. The first-order valence-corrected chi connectivity index (χ1v) is 10.9. The van der Waals surface area contributed by atoms with E-state index in [1.54, 1.807) is 49.5 Å². The van der Waals surface area contributed by atoms with Crippen LogP contribution < -0.4 is 45.8 Å². The van der Waals surface area contributed by atoms with Crippen LogP contribution in [-0.2, 0) is 24.8 Å². The molecule has 4 aromatic rings. The van der Waals surface area contributed by atoms with Crippen LogP contribution >= 0.6 is 11.6 Å². The van der Waals surface area contributed by atoms with Crippen molar-refractivity contribution >= 4 is 40.1 Å². The molecule has 0 unspecified atom stereocenters. The number of carboxylic acids is 1. The molecule has 172 valence electrons. The van der Waals surface area contributed by atoms with Crippen LogP contribution in [0.3, 0.4) is 0 Å². The fraction of sp³-hybridized carbons (Fsp3) is 0.115. The van der Waals surface area contributed by atoms with Gasteiger partial charge in [-0.25, -0.2) is 4.79 Å². The zero-order chi connectivity index (χ0) is 24.2. The Hall–Kier alpha value is -3.10. The molecule has 4 rings (SSSR count). The molecule has 0 saturated heterocycles.